The third kappa shape index (κ3) is 3.35. The molecule has 0 N–H and O–H groups in total. The van der Waals surface area contributed by atoms with Crippen molar-refractivity contribution in [1.29, 1.82) is 0 Å². The maximum atomic E-state index is 6.14. The van der Waals surface area contributed by atoms with Gasteiger partial charge >= 0.3 is 0 Å². The molecule has 0 aromatic heterocycles. The van der Waals surface area contributed by atoms with E-state index in [0.717, 1.165) is 48.3 Å². The average Bonchev–Trinajstić information content (AvgIpc) is 3.27. The summed E-state index contributed by atoms with van der Waals surface area (Å²) in [5, 5.41) is 0. The number of allylic oxidation sites excluding steroid dienone is 4. The minimum absolute atomic E-state index is 0.425. The van der Waals surface area contributed by atoms with Gasteiger partial charge in [-0.2, -0.15) is 0 Å². The van der Waals surface area contributed by atoms with Gasteiger partial charge in [0.1, 0.15) is 13.2 Å². The van der Waals surface area contributed by atoms with Crippen LogP contribution in [-0.4, -0.2) is 24.8 Å². The van der Waals surface area contributed by atoms with Crippen molar-refractivity contribution in [3.63, 3.8) is 0 Å². The van der Waals surface area contributed by atoms with E-state index in [1.165, 1.54) is 0 Å². The summed E-state index contributed by atoms with van der Waals surface area (Å²) in [6, 6.07) is 7.98. The molecular weight excluding hydrogens is 360 g/mol. The van der Waals surface area contributed by atoms with Gasteiger partial charge in [0.25, 0.3) is 0 Å². The lowest BCUT2D eigenvalue weighted by Crippen LogP contribution is -2.36. The van der Waals surface area contributed by atoms with E-state index in [-0.39, 0.29) is 0 Å². The number of rotatable bonds is 2. The highest BCUT2D eigenvalue weighted by molar-refractivity contribution is 5.25. The second kappa shape index (κ2) is 6.88. The van der Waals surface area contributed by atoms with Crippen LogP contribution in [0.2, 0.25) is 0 Å². The summed E-state index contributed by atoms with van der Waals surface area (Å²) in [6.45, 7) is 4.78. The molecule has 0 aliphatic carbocycles. The molecule has 6 heteroatoms. The van der Waals surface area contributed by atoms with E-state index in [2.05, 4.69) is 12.2 Å². The molecule has 2 fully saturated rings. The van der Waals surface area contributed by atoms with Gasteiger partial charge in [0.2, 0.25) is 11.6 Å². The zero-order valence-electron chi connectivity index (χ0n) is 16.3. The summed E-state index contributed by atoms with van der Waals surface area (Å²) in [7, 11) is 0. The van der Waals surface area contributed by atoms with Crippen molar-refractivity contribution >= 4 is 0 Å². The van der Waals surface area contributed by atoms with E-state index in [4.69, 9.17) is 28.4 Å². The Morgan fingerprint density at radius 1 is 0.714 bits per heavy atom. The van der Waals surface area contributed by atoms with Gasteiger partial charge in [-0.3, -0.25) is 0 Å². The van der Waals surface area contributed by atoms with E-state index in [0.29, 0.717) is 13.2 Å². The Bertz CT molecular complexity index is 733. The molecule has 4 unspecified atom stereocenters. The largest absolute Gasteiger partial charge is 0.465 e. The molecule has 4 atom stereocenters. The minimum Gasteiger partial charge on any atom is -0.465 e. The summed E-state index contributed by atoms with van der Waals surface area (Å²) in [5.41, 5.74) is 1.91. The predicted molar refractivity (Wildman–Crippen MR) is 99.6 cm³/mol. The predicted octanol–water partition coefficient (Wildman–Crippen LogP) is 4.60. The molecular formula is C22H26O6. The second-order valence-electron chi connectivity index (χ2n) is 7.92. The highest BCUT2D eigenvalue weighted by atomic mass is 16.8. The SMILES string of the molecule is CC1=CCCC2(COC(c3ccc(C4OCC5(CCC=C(C)O5)O4)cc3)O2)O1. The Morgan fingerprint density at radius 2 is 1.14 bits per heavy atom. The molecule has 1 aromatic carbocycles. The molecule has 28 heavy (non-hydrogen) atoms. The van der Waals surface area contributed by atoms with Crippen LogP contribution in [0.25, 0.3) is 0 Å². The fraction of sp³-hybridized carbons (Fsp3) is 0.545. The van der Waals surface area contributed by atoms with Crippen LogP contribution in [0.15, 0.2) is 47.9 Å². The number of benzene rings is 1. The van der Waals surface area contributed by atoms with Crippen molar-refractivity contribution in [2.45, 2.75) is 63.7 Å². The van der Waals surface area contributed by atoms with E-state index in [1.54, 1.807) is 0 Å². The topological polar surface area (TPSA) is 55.4 Å². The van der Waals surface area contributed by atoms with Gasteiger partial charge < -0.3 is 28.4 Å². The van der Waals surface area contributed by atoms with E-state index in [9.17, 15) is 0 Å². The van der Waals surface area contributed by atoms with Crippen molar-refractivity contribution in [1.82, 2.24) is 0 Å². The fourth-order valence-electron chi connectivity index (χ4n) is 4.20. The van der Waals surface area contributed by atoms with Crippen LogP contribution < -0.4 is 0 Å². The van der Waals surface area contributed by atoms with Crippen molar-refractivity contribution in [3.05, 3.63) is 59.1 Å². The number of ether oxygens (including phenoxy) is 6. The zero-order chi connectivity index (χ0) is 19.2. The third-order valence-electron chi connectivity index (χ3n) is 5.64. The Labute approximate surface area is 165 Å². The average molecular weight is 386 g/mol. The summed E-state index contributed by atoms with van der Waals surface area (Å²) in [4.78, 5) is 0. The second-order valence-corrected chi connectivity index (χ2v) is 7.92. The summed E-state index contributed by atoms with van der Waals surface area (Å²) in [6.07, 6.45) is 6.80. The minimum atomic E-state index is -0.657. The van der Waals surface area contributed by atoms with E-state index < -0.39 is 24.2 Å². The first-order valence-electron chi connectivity index (χ1n) is 9.95. The molecule has 0 amide bonds. The smallest absolute Gasteiger partial charge is 0.236 e. The van der Waals surface area contributed by atoms with Gasteiger partial charge in [-0.15, -0.1) is 0 Å². The molecule has 5 rings (SSSR count). The molecule has 0 radical (unpaired) electrons. The monoisotopic (exact) mass is 386 g/mol. The van der Waals surface area contributed by atoms with Crippen molar-refractivity contribution in [2.75, 3.05) is 13.2 Å². The van der Waals surface area contributed by atoms with Crippen molar-refractivity contribution in [2.24, 2.45) is 0 Å². The number of hydrogen-bond acceptors (Lipinski definition) is 6. The first-order chi connectivity index (χ1) is 13.5. The lowest BCUT2D eigenvalue weighted by atomic mass is 10.1. The first-order valence-corrected chi connectivity index (χ1v) is 9.95. The molecule has 6 nitrogen and oxygen atoms in total. The maximum absolute atomic E-state index is 6.14. The Morgan fingerprint density at radius 3 is 1.54 bits per heavy atom. The lowest BCUT2D eigenvalue weighted by Gasteiger charge is -2.31. The number of hydrogen-bond donors (Lipinski definition) is 0. The van der Waals surface area contributed by atoms with Gasteiger partial charge in [-0.1, -0.05) is 24.3 Å². The Kier molecular flexibility index (Phi) is 4.47. The summed E-state index contributed by atoms with van der Waals surface area (Å²) in [5.74, 6) is 0.474. The van der Waals surface area contributed by atoms with Gasteiger partial charge in [0.15, 0.2) is 12.6 Å². The molecule has 2 spiro atoms. The van der Waals surface area contributed by atoms with Gasteiger partial charge in [0, 0.05) is 24.0 Å². The molecule has 0 saturated carbocycles. The Balaban J connectivity index is 1.25. The highest BCUT2D eigenvalue weighted by Gasteiger charge is 2.46. The first kappa shape index (κ1) is 18.2. The molecule has 2 saturated heterocycles. The standard InChI is InChI=1S/C22H26O6/c1-15-5-3-11-21(25-15)13-23-19(27-21)17-7-9-18(10-8-17)20-24-14-22(28-20)12-4-6-16(2)26-22/h5-10,19-20H,3-4,11-14H2,1-2H3. The molecule has 4 aliphatic rings. The van der Waals surface area contributed by atoms with Crippen LogP contribution in [0.5, 0.6) is 0 Å². The van der Waals surface area contributed by atoms with Crippen LogP contribution in [0.4, 0.5) is 0 Å². The van der Waals surface area contributed by atoms with Gasteiger partial charge in [0.05, 0.1) is 11.5 Å². The Hall–Kier alpha value is -1.86. The molecule has 150 valence electrons. The maximum Gasteiger partial charge on any atom is 0.236 e. The van der Waals surface area contributed by atoms with Crippen LogP contribution in [-0.2, 0) is 28.4 Å². The molecule has 4 heterocycles. The van der Waals surface area contributed by atoms with Crippen molar-refractivity contribution in [3.8, 4) is 0 Å². The summed E-state index contributed by atoms with van der Waals surface area (Å²) < 4.78 is 35.9. The normalized spacial score (nSPS) is 37.5. The molecule has 0 bridgehead atoms. The van der Waals surface area contributed by atoms with E-state index >= 15 is 0 Å². The van der Waals surface area contributed by atoms with Gasteiger partial charge in [-0.05, 0) is 38.8 Å². The molecule has 4 aliphatic heterocycles. The van der Waals surface area contributed by atoms with Crippen LogP contribution in [0, 0.1) is 0 Å². The quantitative estimate of drug-likeness (QED) is 0.741. The van der Waals surface area contributed by atoms with Crippen LogP contribution in [0.1, 0.15) is 63.2 Å². The van der Waals surface area contributed by atoms with Crippen LogP contribution in [0.3, 0.4) is 0 Å². The van der Waals surface area contributed by atoms with E-state index in [1.807, 2.05) is 38.1 Å². The lowest BCUT2D eigenvalue weighted by molar-refractivity contribution is -0.215. The fourth-order valence-corrected chi connectivity index (χ4v) is 4.20. The molecule has 1 aromatic rings. The highest BCUT2D eigenvalue weighted by Crippen LogP contribution is 2.43. The third-order valence-corrected chi connectivity index (χ3v) is 5.64. The summed E-state index contributed by atoms with van der Waals surface area (Å²) >= 11 is 0. The van der Waals surface area contributed by atoms with Crippen molar-refractivity contribution < 1.29 is 28.4 Å². The van der Waals surface area contributed by atoms with Gasteiger partial charge in [-0.25, -0.2) is 0 Å². The van der Waals surface area contributed by atoms with Crippen LogP contribution >= 0.6 is 0 Å². The zero-order valence-corrected chi connectivity index (χ0v) is 16.3.